The maximum Gasteiger partial charge on any atom is 0.316 e. The van der Waals surface area contributed by atoms with Crippen molar-refractivity contribution in [1.82, 2.24) is 0 Å². The molecule has 0 heterocycles. The molecule has 0 radical (unpaired) electrons. The van der Waals surface area contributed by atoms with E-state index in [2.05, 4.69) is 5.32 Å². The van der Waals surface area contributed by atoms with Crippen molar-refractivity contribution in [2.24, 2.45) is 0 Å². The van der Waals surface area contributed by atoms with Crippen LogP contribution in [0, 0.1) is 10.1 Å². The van der Waals surface area contributed by atoms with E-state index in [1.165, 1.54) is 37.4 Å². The highest BCUT2D eigenvalue weighted by atomic mass is 35.5. The molecule has 0 saturated carbocycles. The molecular formula is C17H15ClN2O6S. The van der Waals surface area contributed by atoms with Crippen molar-refractivity contribution < 1.29 is 24.0 Å². The van der Waals surface area contributed by atoms with Gasteiger partial charge in [-0.3, -0.25) is 19.7 Å². The highest BCUT2D eigenvalue weighted by molar-refractivity contribution is 8.00. The van der Waals surface area contributed by atoms with Crippen LogP contribution in [0.15, 0.2) is 47.4 Å². The molecule has 8 nitrogen and oxygen atoms in total. The molecule has 0 fully saturated rings. The van der Waals surface area contributed by atoms with E-state index in [1.54, 1.807) is 12.1 Å². The monoisotopic (exact) mass is 410 g/mol. The second-order valence-corrected chi connectivity index (χ2v) is 6.55. The Bertz CT molecular complexity index is 844. The van der Waals surface area contributed by atoms with Gasteiger partial charge in [0.05, 0.1) is 22.8 Å². The topological polar surface area (TPSA) is 108 Å². The van der Waals surface area contributed by atoms with Crippen molar-refractivity contribution in [2.45, 2.75) is 4.90 Å². The molecule has 0 saturated heterocycles. The third-order valence-electron chi connectivity index (χ3n) is 3.20. The first-order valence-corrected chi connectivity index (χ1v) is 8.91. The molecular weight excluding hydrogens is 396 g/mol. The number of non-ortho nitro benzene ring substituents is 1. The van der Waals surface area contributed by atoms with Crippen LogP contribution in [0.4, 0.5) is 11.4 Å². The van der Waals surface area contributed by atoms with Crippen LogP contribution in [0.3, 0.4) is 0 Å². The van der Waals surface area contributed by atoms with Crippen LogP contribution in [0.1, 0.15) is 0 Å². The quantitative estimate of drug-likeness (QED) is 0.307. The number of thioether (sulfide) groups is 1. The van der Waals surface area contributed by atoms with Gasteiger partial charge in [-0.15, -0.1) is 11.8 Å². The van der Waals surface area contributed by atoms with Gasteiger partial charge in [-0.1, -0.05) is 11.6 Å². The van der Waals surface area contributed by atoms with Crippen molar-refractivity contribution in [3.05, 3.63) is 57.6 Å². The van der Waals surface area contributed by atoms with E-state index in [-0.39, 0.29) is 11.4 Å². The maximum absolute atomic E-state index is 11.8. The number of carbonyl (C=O) groups excluding carboxylic acids is 2. The number of anilines is 1. The third-order valence-corrected chi connectivity index (χ3v) is 4.48. The summed E-state index contributed by atoms with van der Waals surface area (Å²) in [6.07, 6.45) is 0. The highest BCUT2D eigenvalue weighted by Gasteiger charge is 2.11. The van der Waals surface area contributed by atoms with Crippen LogP contribution in [-0.4, -0.2) is 36.3 Å². The third kappa shape index (κ3) is 6.46. The van der Waals surface area contributed by atoms with Gasteiger partial charge in [0.15, 0.2) is 6.61 Å². The number of hydrogen-bond donors (Lipinski definition) is 1. The van der Waals surface area contributed by atoms with Gasteiger partial charge in [-0.25, -0.2) is 0 Å². The molecule has 0 aliphatic heterocycles. The van der Waals surface area contributed by atoms with Gasteiger partial charge in [0.25, 0.3) is 11.6 Å². The van der Waals surface area contributed by atoms with Crippen molar-refractivity contribution in [1.29, 1.82) is 0 Å². The van der Waals surface area contributed by atoms with Crippen molar-refractivity contribution in [3.8, 4) is 5.75 Å². The fourth-order valence-electron chi connectivity index (χ4n) is 1.94. The number of nitro groups is 1. The summed E-state index contributed by atoms with van der Waals surface area (Å²) < 4.78 is 9.91. The number of nitro benzene ring substituents is 1. The molecule has 0 atom stereocenters. The summed E-state index contributed by atoms with van der Waals surface area (Å²) in [7, 11) is 1.48. The van der Waals surface area contributed by atoms with Gasteiger partial charge < -0.3 is 14.8 Å². The molecule has 0 aliphatic carbocycles. The number of ether oxygens (including phenoxy) is 2. The number of halogens is 1. The number of nitrogens with one attached hydrogen (secondary N) is 1. The predicted octanol–water partition coefficient (Wildman–Crippen LogP) is 3.53. The Balaban J connectivity index is 1.75. The van der Waals surface area contributed by atoms with Crippen molar-refractivity contribution in [2.75, 3.05) is 24.8 Å². The van der Waals surface area contributed by atoms with Gasteiger partial charge in [0, 0.05) is 22.7 Å². The van der Waals surface area contributed by atoms with E-state index in [0.717, 1.165) is 11.8 Å². The van der Waals surface area contributed by atoms with E-state index in [0.29, 0.717) is 21.4 Å². The Hall–Kier alpha value is -2.78. The smallest absolute Gasteiger partial charge is 0.316 e. The Morgan fingerprint density at radius 2 is 1.93 bits per heavy atom. The minimum atomic E-state index is -0.582. The fourth-order valence-corrected chi connectivity index (χ4v) is 2.89. The maximum atomic E-state index is 11.8. The minimum Gasteiger partial charge on any atom is -0.495 e. The molecule has 10 heteroatoms. The lowest BCUT2D eigenvalue weighted by Gasteiger charge is -2.08. The predicted molar refractivity (Wildman–Crippen MR) is 101 cm³/mol. The molecule has 27 heavy (non-hydrogen) atoms. The summed E-state index contributed by atoms with van der Waals surface area (Å²) in [5.74, 6) is -0.644. The Labute approximate surface area is 163 Å². The lowest BCUT2D eigenvalue weighted by Crippen LogP contribution is -2.21. The van der Waals surface area contributed by atoms with Crippen LogP contribution < -0.4 is 10.1 Å². The standard InChI is InChI=1S/C17H15ClN2O6S/c1-25-15-7-2-11(8-14(15)18)19-16(21)9-26-17(22)10-27-13-5-3-12(4-6-13)20(23)24/h2-8H,9-10H2,1H3,(H,19,21). The zero-order valence-electron chi connectivity index (χ0n) is 14.1. The molecule has 0 aromatic heterocycles. The average molecular weight is 411 g/mol. The summed E-state index contributed by atoms with van der Waals surface area (Å²) in [6.45, 7) is -0.441. The lowest BCUT2D eigenvalue weighted by molar-refractivity contribution is -0.384. The lowest BCUT2D eigenvalue weighted by atomic mass is 10.3. The number of methoxy groups -OCH3 is 1. The summed E-state index contributed by atoms with van der Waals surface area (Å²) in [6, 6.07) is 10.5. The minimum absolute atomic E-state index is 0.0283. The van der Waals surface area contributed by atoms with Gasteiger partial charge in [-0.2, -0.15) is 0 Å². The Kier molecular flexibility index (Phi) is 7.44. The molecule has 0 spiro atoms. The average Bonchev–Trinajstić information content (AvgIpc) is 2.65. The molecule has 0 aliphatic rings. The molecule has 0 unspecified atom stereocenters. The highest BCUT2D eigenvalue weighted by Crippen LogP contribution is 2.27. The molecule has 0 bridgehead atoms. The zero-order chi connectivity index (χ0) is 19.8. The number of benzene rings is 2. The second-order valence-electron chi connectivity index (χ2n) is 5.10. The molecule has 1 amide bonds. The Morgan fingerprint density at radius 3 is 2.52 bits per heavy atom. The van der Waals surface area contributed by atoms with E-state index >= 15 is 0 Å². The van der Waals surface area contributed by atoms with E-state index < -0.39 is 23.4 Å². The largest absolute Gasteiger partial charge is 0.495 e. The summed E-state index contributed by atoms with van der Waals surface area (Å²) in [5, 5.41) is 13.5. The van der Waals surface area contributed by atoms with Crippen molar-refractivity contribution >= 4 is 46.6 Å². The van der Waals surface area contributed by atoms with E-state index in [1.807, 2.05) is 0 Å². The number of rotatable bonds is 8. The molecule has 1 N–H and O–H groups in total. The van der Waals surface area contributed by atoms with Crippen LogP contribution >= 0.6 is 23.4 Å². The number of hydrogen-bond acceptors (Lipinski definition) is 7. The molecule has 2 aromatic rings. The first-order valence-electron chi connectivity index (χ1n) is 7.55. The number of esters is 1. The summed E-state index contributed by atoms with van der Waals surface area (Å²) >= 11 is 7.12. The Morgan fingerprint density at radius 1 is 1.22 bits per heavy atom. The summed E-state index contributed by atoms with van der Waals surface area (Å²) in [4.78, 5) is 34.3. The SMILES string of the molecule is COc1ccc(NC(=O)COC(=O)CSc2ccc([N+](=O)[O-])cc2)cc1Cl. The normalized spacial score (nSPS) is 10.1. The zero-order valence-corrected chi connectivity index (χ0v) is 15.7. The van der Waals surface area contributed by atoms with Crippen LogP contribution in [0.5, 0.6) is 5.75 Å². The van der Waals surface area contributed by atoms with Crippen molar-refractivity contribution in [3.63, 3.8) is 0 Å². The van der Waals surface area contributed by atoms with Crippen LogP contribution in [0.2, 0.25) is 5.02 Å². The first-order chi connectivity index (χ1) is 12.9. The van der Waals surface area contributed by atoms with Gasteiger partial charge in [0.2, 0.25) is 0 Å². The fraction of sp³-hybridized carbons (Fsp3) is 0.176. The summed E-state index contributed by atoms with van der Waals surface area (Å²) in [5.41, 5.74) is 0.416. The van der Waals surface area contributed by atoms with Crippen LogP contribution in [0.25, 0.3) is 0 Å². The van der Waals surface area contributed by atoms with Crippen LogP contribution in [-0.2, 0) is 14.3 Å². The molecule has 142 valence electrons. The molecule has 2 rings (SSSR count). The van der Waals surface area contributed by atoms with Gasteiger partial charge in [-0.05, 0) is 30.3 Å². The number of nitrogens with zero attached hydrogens (tertiary/aromatic N) is 1. The number of amides is 1. The number of carbonyl (C=O) groups is 2. The molecule has 2 aromatic carbocycles. The van der Waals surface area contributed by atoms with E-state index in [4.69, 9.17) is 21.1 Å². The van der Waals surface area contributed by atoms with E-state index in [9.17, 15) is 19.7 Å². The first kappa shape index (κ1) is 20.5. The van der Waals surface area contributed by atoms with Gasteiger partial charge in [0.1, 0.15) is 5.75 Å². The second kappa shape index (κ2) is 9.79. The van der Waals surface area contributed by atoms with Gasteiger partial charge >= 0.3 is 5.97 Å².